The maximum Gasteiger partial charge on any atom is 0.220 e. The summed E-state index contributed by atoms with van der Waals surface area (Å²) in [7, 11) is 0. The Morgan fingerprint density at radius 3 is 1.05 bits per heavy atom. The van der Waals surface area contributed by atoms with Crippen LogP contribution >= 0.6 is 0 Å². The first-order valence-electron chi connectivity index (χ1n) is 37.9. The number of rotatable bonds is 65. The van der Waals surface area contributed by atoms with Crippen LogP contribution in [0.25, 0.3) is 0 Å². The number of hydrogen-bond donors (Lipinski definition) is 6. The molecule has 522 valence electrons. The minimum absolute atomic E-state index is 0.198. The molecular formula is C82H141NO8. The lowest BCUT2D eigenvalue weighted by Crippen LogP contribution is -2.60. The average molecular weight is 1270 g/mol. The zero-order valence-electron chi connectivity index (χ0n) is 58.6. The number of carbonyl (C=O) groups is 1. The maximum atomic E-state index is 13.1. The van der Waals surface area contributed by atoms with Gasteiger partial charge in [0.05, 0.1) is 25.4 Å². The molecule has 1 rings (SSSR count). The second-order valence-corrected chi connectivity index (χ2v) is 25.7. The molecule has 0 spiro atoms. The van der Waals surface area contributed by atoms with Crippen LogP contribution in [0.5, 0.6) is 0 Å². The van der Waals surface area contributed by atoms with Gasteiger partial charge < -0.3 is 40.3 Å². The third-order valence-electron chi connectivity index (χ3n) is 17.2. The Morgan fingerprint density at radius 2 is 0.692 bits per heavy atom. The lowest BCUT2D eigenvalue weighted by molar-refractivity contribution is -0.302. The van der Waals surface area contributed by atoms with Gasteiger partial charge in [0.2, 0.25) is 5.91 Å². The van der Waals surface area contributed by atoms with Crippen LogP contribution in [0, 0.1) is 0 Å². The number of allylic oxidation sites excluding steroid dienone is 21. The van der Waals surface area contributed by atoms with E-state index in [9.17, 15) is 30.3 Å². The molecule has 0 aromatic carbocycles. The van der Waals surface area contributed by atoms with Crippen molar-refractivity contribution in [3.05, 3.63) is 134 Å². The first-order chi connectivity index (χ1) is 44.8. The van der Waals surface area contributed by atoms with Gasteiger partial charge in [-0.1, -0.05) is 340 Å². The lowest BCUT2D eigenvalue weighted by atomic mass is 9.99. The number of aliphatic hydroxyl groups excluding tert-OH is 5. The van der Waals surface area contributed by atoms with Crippen molar-refractivity contribution in [2.75, 3.05) is 13.2 Å². The molecule has 0 saturated carbocycles. The van der Waals surface area contributed by atoms with Crippen LogP contribution in [-0.4, -0.2) is 87.5 Å². The Balaban J connectivity index is 2.16. The van der Waals surface area contributed by atoms with Crippen molar-refractivity contribution in [1.29, 1.82) is 0 Å². The van der Waals surface area contributed by atoms with E-state index in [0.717, 1.165) is 109 Å². The number of carbonyl (C=O) groups excluding carboxylic acids is 1. The number of aliphatic hydroxyl groups is 5. The molecule has 1 fully saturated rings. The summed E-state index contributed by atoms with van der Waals surface area (Å²) in [5.41, 5.74) is 0. The summed E-state index contributed by atoms with van der Waals surface area (Å²) in [5, 5.41) is 54.8. The van der Waals surface area contributed by atoms with Crippen molar-refractivity contribution in [2.45, 2.75) is 365 Å². The van der Waals surface area contributed by atoms with Gasteiger partial charge in [0, 0.05) is 6.42 Å². The molecule has 7 unspecified atom stereocenters. The number of hydrogen-bond acceptors (Lipinski definition) is 8. The summed E-state index contributed by atoms with van der Waals surface area (Å²) in [5.74, 6) is -0.198. The zero-order chi connectivity index (χ0) is 65.7. The molecule has 0 aromatic rings. The number of ether oxygens (including phenoxy) is 2. The maximum absolute atomic E-state index is 13.1. The highest BCUT2D eigenvalue weighted by molar-refractivity contribution is 5.76. The standard InChI is InChI=1S/C82H141NO8/c1-3-5-7-9-11-13-15-17-19-21-23-25-27-29-31-33-35-37-38-40-42-44-46-48-50-52-54-56-58-60-62-64-66-68-70-72-78(86)83-75(74-90-82-81(89)80(88)79(87)77(73-84)91-82)76(85)71-69-67-65-63-61-59-57-55-53-51-49-47-45-43-41-39-36-34-32-30-28-26-24-22-20-18-16-14-12-10-8-6-4-2/h5,7,11,13,17,19,23,25,29,31,35,37,40,42,46,48,53,55,61,63,69,71,75-77,79-82,84-85,87-89H,3-4,6,8-10,12,14-16,18,20-22,24,26-28,30,32-34,36,38-39,41,43-45,47,49-52,54,56-60,62,64-68,70,72-74H2,1-2H3,(H,83,86)/b7-5-,13-11-,19-17-,25-23-,31-29-,37-35-,42-40-,48-46-,55-53+,63-61+,71-69+. The van der Waals surface area contributed by atoms with Crippen LogP contribution in [0.1, 0.15) is 322 Å². The third-order valence-corrected chi connectivity index (χ3v) is 17.2. The monoisotopic (exact) mass is 1270 g/mol. The first-order valence-corrected chi connectivity index (χ1v) is 37.9. The van der Waals surface area contributed by atoms with Crippen molar-refractivity contribution in [3.63, 3.8) is 0 Å². The molecule has 9 heteroatoms. The van der Waals surface area contributed by atoms with Crippen LogP contribution in [0.15, 0.2) is 134 Å². The zero-order valence-corrected chi connectivity index (χ0v) is 58.6. The van der Waals surface area contributed by atoms with Gasteiger partial charge in [0.25, 0.3) is 0 Å². The highest BCUT2D eigenvalue weighted by Crippen LogP contribution is 2.23. The summed E-state index contributed by atoms with van der Waals surface area (Å²) in [6.45, 7) is 3.67. The van der Waals surface area contributed by atoms with Crippen molar-refractivity contribution in [2.24, 2.45) is 0 Å². The highest BCUT2D eigenvalue weighted by atomic mass is 16.7. The summed E-state index contributed by atoms with van der Waals surface area (Å²) >= 11 is 0. The Morgan fingerprint density at radius 1 is 0.385 bits per heavy atom. The Kier molecular flexibility index (Phi) is 64.9. The van der Waals surface area contributed by atoms with E-state index in [2.05, 4.69) is 141 Å². The van der Waals surface area contributed by atoms with Crippen LogP contribution < -0.4 is 5.32 Å². The first kappa shape index (κ1) is 85.3. The van der Waals surface area contributed by atoms with E-state index < -0.39 is 49.5 Å². The minimum atomic E-state index is -1.58. The molecule has 0 aliphatic carbocycles. The van der Waals surface area contributed by atoms with Crippen LogP contribution in [0.2, 0.25) is 0 Å². The van der Waals surface area contributed by atoms with Gasteiger partial charge in [-0.3, -0.25) is 4.79 Å². The molecule has 1 amide bonds. The van der Waals surface area contributed by atoms with Crippen molar-refractivity contribution >= 4 is 5.91 Å². The molecule has 0 radical (unpaired) electrons. The minimum Gasteiger partial charge on any atom is -0.394 e. The molecule has 7 atom stereocenters. The quantitative estimate of drug-likeness (QED) is 0.0261. The Bertz CT molecular complexity index is 1910. The van der Waals surface area contributed by atoms with Gasteiger partial charge in [0.15, 0.2) is 6.29 Å². The molecule has 1 heterocycles. The third kappa shape index (κ3) is 57.5. The Labute approximate surface area is 560 Å². The molecule has 1 saturated heterocycles. The molecule has 6 N–H and O–H groups in total. The number of amides is 1. The molecule has 9 nitrogen and oxygen atoms in total. The van der Waals surface area contributed by atoms with E-state index in [1.165, 1.54) is 193 Å². The SMILES string of the molecule is CC/C=C\C/C=C\C/C=C\C/C=C\C/C=C\C/C=C\C/C=C\C/C=C\CCCCCCCCCCCCC(=O)NC(COC1OC(CO)C(O)C(O)C1O)C(O)/C=C/CC/C=C/CC/C=C/CCCCCCCCCCCCCCCCCCCCCCCCC. The summed E-state index contributed by atoms with van der Waals surface area (Å²) in [6.07, 6.45) is 98.6. The fraction of sp³-hybridized carbons (Fsp3) is 0.720. The summed E-state index contributed by atoms with van der Waals surface area (Å²) in [6, 6.07) is -0.843. The van der Waals surface area contributed by atoms with Crippen molar-refractivity contribution in [1.82, 2.24) is 5.32 Å². The van der Waals surface area contributed by atoms with E-state index in [0.29, 0.717) is 6.42 Å². The van der Waals surface area contributed by atoms with Crippen LogP contribution in [0.3, 0.4) is 0 Å². The van der Waals surface area contributed by atoms with E-state index in [1.807, 2.05) is 6.08 Å². The predicted molar refractivity (Wildman–Crippen MR) is 391 cm³/mol. The van der Waals surface area contributed by atoms with Crippen molar-refractivity contribution in [3.8, 4) is 0 Å². The summed E-state index contributed by atoms with van der Waals surface area (Å²) in [4.78, 5) is 13.1. The smallest absolute Gasteiger partial charge is 0.220 e. The van der Waals surface area contributed by atoms with Crippen LogP contribution in [0.4, 0.5) is 0 Å². The topological polar surface area (TPSA) is 149 Å². The number of nitrogens with one attached hydrogen (secondary N) is 1. The normalized spacial score (nSPS) is 18.5. The van der Waals surface area contributed by atoms with Gasteiger partial charge in [-0.15, -0.1) is 0 Å². The lowest BCUT2D eigenvalue weighted by Gasteiger charge is -2.40. The molecular weight excluding hydrogens is 1130 g/mol. The van der Waals surface area contributed by atoms with Crippen LogP contribution in [-0.2, 0) is 14.3 Å². The van der Waals surface area contributed by atoms with Gasteiger partial charge in [-0.05, 0) is 109 Å². The second-order valence-electron chi connectivity index (χ2n) is 25.7. The van der Waals surface area contributed by atoms with E-state index in [1.54, 1.807) is 6.08 Å². The largest absolute Gasteiger partial charge is 0.394 e. The molecule has 0 aromatic heterocycles. The second kappa shape index (κ2) is 69.2. The molecule has 1 aliphatic heterocycles. The fourth-order valence-corrected chi connectivity index (χ4v) is 11.3. The van der Waals surface area contributed by atoms with Crippen molar-refractivity contribution < 1.29 is 39.8 Å². The molecule has 1 aliphatic rings. The van der Waals surface area contributed by atoms with E-state index in [-0.39, 0.29) is 12.5 Å². The van der Waals surface area contributed by atoms with Gasteiger partial charge in [0.1, 0.15) is 24.4 Å². The molecule has 0 bridgehead atoms. The fourth-order valence-electron chi connectivity index (χ4n) is 11.3. The van der Waals surface area contributed by atoms with Gasteiger partial charge >= 0.3 is 0 Å². The van der Waals surface area contributed by atoms with E-state index >= 15 is 0 Å². The van der Waals surface area contributed by atoms with E-state index in [4.69, 9.17) is 9.47 Å². The Hall–Kier alpha value is -3.67. The average Bonchev–Trinajstić information content (AvgIpc) is 1.58. The highest BCUT2D eigenvalue weighted by Gasteiger charge is 2.44. The number of unbranched alkanes of at least 4 members (excludes halogenated alkanes) is 35. The summed E-state index contributed by atoms with van der Waals surface area (Å²) < 4.78 is 11.3. The molecule has 91 heavy (non-hydrogen) atoms. The predicted octanol–water partition coefficient (Wildman–Crippen LogP) is 21.5. The van der Waals surface area contributed by atoms with Gasteiger partial charge in [-0.25, -0.2) is 0 Å². The van der Waals surface area contributed by atoms with Gasteiger partial charge in [-0.2, -0.15) is 0 Å².